The molecule has 1 heterocycles. The maximum absolute atomic E-state index is 14.7. The van der Waals surface area contributed by atoms with Gasteiger partial charge < -0.3 is 15.0 Å². The first-order valence-electron chi connectivity index (χ1n) is 9.31. The molecule has 2 aromatic carbocycles. The predicted molar refractivity (Wildman–Crippen MR) is 104 cm³/mol. The highest BCUT2D eigenvalue weighted by Gasteiger charge is 2.34. The van der Waals surface area contributed by atoms with Crippen LogP contribution in [0.2, 0.25) is 0 Å². The van der Waals surface area contributed by atoms with E-state index in [0.29, 0.717) is 12.1 Å². The second-order valence-electron chi connectivity index (χ2n) is 7.68. The smallest absolute Gasteiger partial charge is 0.248 e. The van der Waals surface area contributed by atoms with Gasteiger partial charge in [-0.3, -0.25) is 4.79 Å². The number of halogens is 4. The third-order valence-corrected chi connectivity index (χ3v) is 4.57. The van der Waals surface area contributed by atoms with Crippen LogP contribution in [0.25, 0.3) is 11.4 Å². The quantitative estimate of drug-likeness (QED) is 0.577. The third kappa shape index (κ3) is 4.23. The monoisotopic (exact) mass is 436 g/mol. The van der Waals surface area contributed by atoms with Crippen LogP contribution >= 0.6 is 0 Å². The highest BCUT2D eigenvalue weighted by Crippen LogP contribution is 2.35. The molecule has 0 aliphatic rings. The van der Waals surface area contributed by atoms with E-state index in [2.05, 4.69) is 10.2 Å². The van der Waals surface area contributed by atoms with Crippen LogP contribution in [-0.2, 0) is 5.60 Å². The van der Waals surface area contributed by atoms with E-state index in [1.54, 1.807) is 18.4 Å². The Kier molecular flexibility index (Phi) is 5.75. The lowest BCUT2D eigenvalue weighted by molar-refractivity contribution is 0.0811. The van der Waals surface area contributed by atoms with Gasteiger partial charge in [-0.15, -0.1) is 10.2 Å². The molecule has 6 nitrogen and oxygen atoms in total. The predicted octanol–water partition coefficient (Wildman–Crippen LogP) is 4.50. The molecule has 0 saturated heterocycles. The molecule has 31 heavy (non-hydrogen) atoms. The van der Waals surface area contributed by atoms with Crippen molar-refractivity contribution < 1.29 is 27.1 Å². The SMILES string of the molecule is CC(C)n1c(-c2ccc(C(N)=O)cc2F)nnc1C(C)(C)Oc1c(F)cc(F)cc1F. The van der Waals surface area contributed by atoms with Crippen molar-refractivity contribution in [1.82, 2.24) is 14.8 Å². The minimum absolute atomic E-state index is 0.0111. The zero-order chi connectivity index (χ0) is 23.1. The summed E-state index contributed by atoms with van der Waals surface area (Å²) in [5, 5.41) is 8.11. The molecule has 0 saturated carbocycles. The molecule has 0 fully saturated rings. The molecular formula is C21H20F4N4O2. The Labute approximate surface area is 175 Å². The van der Waals surface area contributed by atoms with Crippen molar-refractivity contribution in [3.8, 4) is 17.1 Å². The number of nitrogens with two attached hydrogens (primary N) is 1. The molecule has 2 N–H and O–H groups in total. The van der Waals surface area contributed by atoms with Crippen molar-refractivity contribution in [1.29, 1.82) is 0 Å². The highest BCUT2D eigenvalue weighted by molar-refractivity contribution is 5.93. The van der Waals surface area contributed by atoms with Gasteiger partial charge in [0.05, 0.1) is 5.56 Å². The average Bonchev–Trinajstić information content (AvgIpc) is 3.10. The number of hydrogen-bond donors (Lipinski definition) is 1. The summed E-state index contributed by atoms with van der Waals surface area (Å²) in [4.78, 5) is 11.3. The third-order valence-electron chi connectivity index (χ3n) is 4.57. The van der Waals surface area contributed by atoms with Crippen LogP contribution in [0.15, 0.2) is 30.3 Å². The summed E-state index contributed by atoms with van der Waals surface area (Å²) in [5.74, 6) is -5.54. The molecule has 0 atom stereocenters. The molecule has 0 bridgehead atoms. The fourth-order valence-electron chi connectivity index (χ4n) is 3.15. The first-order valence-corrected chi connectivity index (χ1v) is 9.31. The lowest BCUT2D eigenvalue weighted by Crippen LogP contribution is -2.31. The van der Waals surface area contributed by atoms with Gasteiger partial charge in [0.15, 0.2) is 34.6 Å². The Hall–Kier alpha value is -3.43. The van der Waals surface area contributed by atoms with Gasteiger partial charge in [-0.2, -0.15) is 0 Å². The summed E-state index contributed by atoms with van der Waals surface area (Å²) in [6.45, 7) is 6.55. The van der Waals surface area contributed by atoms with Crippen LogP contribution in [0.4, 0.5) is 17.6 Å². The molecule has 3 rings (SSSR count). The molecule has 0 aliphatic carbocycles. The van der Waals surface area contributed by atoms with Crippen molar-refractivity contribution in [2.75, 3.05) is 0 Å². The Morgan fingerprint density at radius 3 is 2.16 bits per heavy atom. The first kappa shape index (κ1) is 22.3. The van der Waals surface area contributed by atoms with Gasteiger partial charge in [0.1, 0.15) is 11.6 Å². The Morgan fingerprint density at radius 1 is 1.03 bits per heavy atom. The van der Waals surface area contributed by atoms with Crippen molar-refractivity contribution >= 4 is 5.91 Å². The number of amides is 1. The molecular weight excluding hydrogens is 416 g/mol. The Morgan fingerprint density at radius 2 is 1.65 bits per heavy atom. The van der Waals surface area contributed by atoms with Crippen LogP contribution < -0.4 is 10.5 Å². The first-order chi connectivity index (χ1) is 14.4. The number of nitrogens with zero attached hydrogens (tertiary/aromatic N) is 3. The minimum atomic E-state index is -1.43. The number of hydrogen-bond acceptors (Lipinski definition) is 4. The zero-order valence-corrected chi connectivity index (χ0v) is 17.2. The topological polar surface area (TPSA) is 83.0 Å². The molecule has 1 amide bonds. The van der Waals surface area contributed by atoms with Gasteiger partial charge in [0.25, 0.3) is 0 Å². The lowest BCUT2D eigenvalue weighted by Gasteiger charge is -2.28. The number of carbonyl (C=O) groups is 1. The average molecular weight is 436 g/mol. The number of ether oxygens (including phenoxy) is 1. The van der Waals surface area contributed by atoms with Crippen molar-refractivity contribution in [3.05, 3.63) is 65.0 Å². The molecule has 0 unspecified atom stereocenters. The van der Waals surface area contributed by atoms with E-state index in [-0.39, 0.29) is 28.8 Å². The fourth-order valence-corrected chi connectivity index (χ4v) is 3.15. The van der Waals surface area contributed by atoms with Crippen LogP contribution in [0.1, 0.15) is 49.9 Å². The number of carbonyl (C=O) groups excluding carboxylic acids is 1. The van der Waals surface area contributed by atoms with E-state index >= 15 is 0 Å². The van der Waals surface area contributed by atoms with Crippen LogP contribution in [0, 0.1) is 23.3 Å². The second-order valence-corrected chi connectivity index (χ2v) is 7.68. The zero-order valence-electron chi connectivity index (χ0n) is 17.2. The summed E-state index contributed by atoms with van der Waals surface area (Å²) in [6.07, 6.45) is 0. The van der Waals surface area contributed by atoms with Gasteiger partial charge >= 0.3 is 0 Å². The van der Waals surface area contributed by atoms with Gasteiger partial charge in [0.2, 0.25) is 5.91 Å². The number of rotatable bonds is 6. The normalized spacial score (nSPS) is 11.8. The Bertz CT molecular complexity index is 1140. The highest BCUT2D eigenvalue weighted by atomic mass is 19.1. The molecule has 0 radical (unpaired) electrons. The maximum Gasteiger partial charge on any atom is 0.248 e. The van der Waals surface area contributed by atoms with E-state index in [4.69, 9.17) is 10.5 Å². The Balaban J connectivity index is 2.09. The van der Waals surface area contributed by atoms with E-state index in [9.17, 15) is 22.4 Å². The summed E-state index contributed by atoms with van der Waals surface area (Å²) < 4.78 is 63.2. The largest absolute Gasteiger partial charge is 0.474 e. The summed E-state index contributed by atoms with van der Waals surface area (Å²) in [6, 6.07) is 4.38. The number of primary amides is 1. The van der Waals surface area contributed by atoms with E-state index in [1.807, 2.05) is 0 Å². The molecule has 1 aromatic heterocycles. The molecule has 3 aromatic rings. The van der Waals surface area contributed by atoms with E-state index in [0.717, 1.165) is 6.07 Å². The van der Waals surface area contributed by atoms with Crippen molar-refractivity contribution in [2.45, 2.75) is 39.3 Å². The summed E-state index contributed by atoms with van der Waals surface area (Å²) >= 11 is 0. The number of benzene rings is 2. The molecule has 10 heteroatoms. The van der Waals surface area contributed by atoms with Crippen LogP contribution in [0.3, 0.4) is 0 Å². The molecule has 0 aliphatic heterocycles. The maximum atomic E-state index is 14.7. The van der Waals surface area contributed by atoms with Gasteiger partial charge in [-0.05, 0) is 45.9 Å². The van der Waals surface area contributed by atoms with Crippen molar-refractivity contribution in [2.24, 2.45) is 5.73 Å². The minimum Gasteiger partial charge on any atom is -0.474 e. The lowest BCUT2D eigenvalue weighted by atomic mass is 10.1. The summed E-state index contributed by atoms with van der Waals surface area (Å²) in [7, 11) is 0. The molecule has 0 spiro atoms. The van der Waals surface area contributed by atoms with Crippen molar-refractivity contribution in [3.63, 3.8) is 0 Å². The van der Waals surface area contributed by atoms with Crippen LogP contribution in [0.5, 0.6) is 5.75 Å². The van der Waals surface area contributed by atoms with Gasteiger partial charge in [-0.25, -0.2) is 17.6 Å². The molecule has 164 valence electrons. The second kappa shape index (κ2) is 8.01. The standard InChI is InChI=1S/C21H20F4N4O2/c1-10(2)29-19(13-6-5-11(18(26)30)7-14(13)23)27-28-20(29)21(3,4)31-17-15(24)8-12(22)9-16(17)25/h5-10H,1-4H3,(H2,26,30). The van der Waals surface area contributed by atoms with E-state index < -0.39 is 40.5 Å². The van der Waals surface area contributed by atoms with Gasteiger partial charge in [0, 0.05) is 23.7 Å². The van der Waals surface area contributed by atoms with Crippen LogP contribution in [-0.4, -0.2) is 20.7 Å². The fraction of sp³-hybridized carbons (Fsp3) is 0.286. The van der Waals surface area contributed by atoms with E-state index in [1.165, 1.54) is 26.0 Å². The number of aromatic nitrogens is 3. The summed E-state index contributed by atoms with van der Waals surface area (Å²) in [5.41, 5.74) is 3.78. The van der Waals surface area contributed by atoms with Gasteiger partial charge in [-0.1, -0.05) is 0 Å².